The van der Waals surface area contributed by atoms with Crippen LogP contribution < -0.4 is 10.1 Å². The van der Waals surface area contributed by atoms with E-state index >= 15 is 0 Å². The SMILES string of the molecule is CCC(=O)/C=C/c1ccc(F)c(O[C@H](C)CNC)c1. The molecule has 1 aromatic rings. The van der Waals surface area contributed by atoms with Crippen molar-refractivity contribution in [3.63, 3.8) is 0 Å². The van der Waals surface area contributed by atoms with Gasteiger partial charge in [-0.3, -0.25) is 4.79 Å². The third-order valence-corrected chi connectivity index (χ3v) is 2.59. The van der Waals surface area contributed by atoms with Gasteiger partial charge >= 0.3 is 0 Å². The van der Waals surface area contributed by atoms with Gasteiger partial charge in [0.25, 0.3) is 0 Å². The monoisotopic (exact) mass is 265 g/mol. The summed E-state index contributed by atoms with van der Waals surface area (Å²) in [6.45, 7) is 4.29. The van der Waals surface area contributed by atoms with Gasteiger partial charge in [-0.15, -0.1) is 0 Å². The minimum atomic E-state index is -0.401. The van der Waals surface area contributed by atoms with Crippen LogP contribution >= 0.6 is 0 Å². The number of rotatable bonds is 7. The summed E-state index contributed by atoms with van der Waals surface area (Å²) in [7, 11) is 1.81. The zero-order chi connectivity index (χ0) is 14.3. The molecule has 19 heavy (non-hydrogen) atoms. The molecule has 104 valence electrons. The number of likely N-dealkylation sites (N-methyl/N-ethyl adjacent to an activating group) is 1. The number of hydrogen-bond acceptors (Lipinski definition) is 3. The van der Waals surface area contributed by atoms with Crippen LogP contribution in [-0.4, -0.2) is 25.5 Å². The Balaban J connectivity index is 2.82. The van der Waals surface area contributed by atoms with Gasteiger partial charge in [0, 0.05) is 13.0 Å². The average Bonchev–Trinajstić information content (AvgIpc) is 2.39. The summed E-state index contributed by atoms with van der Waals surface area (Å²) < 4.78 is 19.1. The number of halogens is 1. The van der Waals surface area contributed by atoms with E-state index < -0.39 is 5.82 Å². The molecule has 0 spiro atoms. The molecule has 4 heteroatoms. The molecular formula is C15H20FNO2. The summed E-state index contributed by atoms with van der Waals surface area (Å²) in [6, 6.07) is 4.56. The van der Waals surface area contributed by atoms with Crippen LogP contribution in [0.4, 0.5) is 4.39 Å². The summed E-state index contributed by atoms with van der Waals surface area (Å²) in [5.74, 6) is -0.161. The molecule has 0 fully saturated rings. The lowest BCUT2D eigenvalue weighted by molar-refractivity contribution is -0.114. The van der Waals surface area contributed by atoms with Gasteiger partial charge in [0.1, 0.15) is 6.10 Å². The molecule has 0 aliphatic carbocycles. The fraction of sp³-hybridized carbons (Fsp3) is 0.400. The fourth-order valence-corrected chi connectivity index (χ4v) is 1.57. The van der Waals surface area contributed by atoms with Crippen LogP contribution in [0.25, 0.3) is 6.08 Å². The topological polar surface area (TPSA) is 38.3 Å². The van der Waals surface area contributed by atoms with Crippen molar-refractivity contribution in [3.8, 4) is 5.75 Å². The first-order valence-electron chi connectivity index (χ1n) is 6.38. The van der Waals surface area contributed by atoms with Crippen molar-refractivity contribution >= 4 is 11.9 Å². The minimum Gasteiger partial charge on any atom is -0.486 e. The van der Waals surface area contributed by atoms with E-state index in [-0.39, 0.29) is 17.6 Å². The summed E-state index contributed by atoms with van der Waals surface area (Å²) in [6.07, 6.45) is 3.49. The first kappa shape index (κ1) is 15.4. The van der Waals surface area contributed by atoms with Crippen molar-refractivity contribution in [3.05, 3.63) is 35.7 Å². The van der Waals surface area contributed by atoms with E-state index in [1.165, 1.54) is 12.1 Å². The molecular weight excluding hydrogens is 245 g/mol. The van der Waals surface area contributed by atoms with Crippen LogP contribution in [-0.2, 0) is 4.79 Å². The van der Waals surface area contributed by atoms with Gasteiger partial charge in [0.05, 0.1) is 0 Å². The molecule has 1 atom stereocenters. The molecule has 3 nitrogen and oxygen atoms in total. The van der Waals surface area contributed by atoms with Gasteiger partial charge in [-0.2, -0.15) is 0 Å². The fourth-order valence-electron chi connectivity index (χ4n) is 1.57. The highest BCUT2D eigenvalue weighted by Crippen LogP contribution is 2.21. The largest absolute Gasteiger partial charge is 0.486 e. The van der Waals surface area contributed by atoms with Crippen molar-refractivity contribution in [2.75, 3.05) is 13.6 Å². The number of benzene rings is 1. The van der Waals surface area contributed by atoms with Gasteiger partial charge < -0.3 is 10.1 Å². The number of carbonyl (C=O) groups excluding carboxylic acids is 1. The number of allylic oxidation sites excluding steroid dienone is 1. The lowest BCUT2D eigenvalue weighted by Gasteiger charge is -2.15. The highest BCUT2D eigenvalue weighted by atomic mass is 19.1. The van der Waals surface area contributed by atoms with Gasteiger partial charge in [0.15, 0.2) is 17.3 Å². The quantitative estimate of drug-likeness (QED) is 0.770. The molecule has 0 unspecified atom stereocenters. The smallest absolute Gasteiger partial charge is 0.165 e. The highest BCUT2D eigenvalue weighted by molar-refractivity contribution is 5.93. The first-order chi connectivity index (χ1) is 9.06. The number of ketones is 1. The first-order valence-corrected chi connectivity index (χ1v) is 6.38. The summed E-state index contributed by atoms with van der Waals surface area (Å²) >= 11 is 0. The Bertz CT molecular complexity index is 457. The lowest BCUT2D eigenvalue weighted by atomic mass is 10.1. The van der Waals surface area contributed by atoms with Crippen LogP contribution in [0, 0.1) is 5.82 Å². The lowest BCUT2D eigenvalue weighted by Crippen LogP contribution is -2.26. The maximum Gasteiger partial charge on any atom is 0.165 e. The van der Waals surface area contributed by atoms with E-state index in [4.69, 9.17) is 4.74 Å². The van der Waals surface area contributed by atoms with Gasteiger partial charge in [-0.05, 0) is 37.7 Å². The minimum absolute atomic E-state index is 0.0374. The normalized spacial score (nSPS) is 12.6. The van der Waals surface area contributed by atoms with Gasteiger partial charge in [0.2, 0.25) is 0 Å². The Morgan fingerprint density at radius 3 is 2.89 bits per heavy atom. The molecule has 1 N–H and O–H groups in total. The average molecular weight is 265 g/mol. The van der Waals surface area contributed by atoms with Gasteiger partial charge in [-0.1, -0.05) is 19.1 Å². The number of hydrogen-bond donors (Lipinski definition) is 1. The maximum absolute atomic E-state index is 13.6. The zero-order valence-electron chi connectivity index (χ0n) is 11.6. The second-order valence-corrected chi connectivity index (χ2v) is 4.33. The van der Waals surface area contributed by atoms with E-state index in [9.17, 15) is 9.18 Å². The zero-order valence-corrected chi connectivity index (χ0v) is 11.6. The second kappa shape index (κ2) is 7.69. The highest BCUT2D eigenvalue weighted by Gasteiger charge is 2.08. The van der Waals surface area contributed by atoms with Crippen LogP contribution in [0.3, 0.4) is 0 Å². The Morgan fingerprint density at radius 1 is 1.53 bits per heavy atom. The van der Waals surface area contributed by atoms with Crippen molar-refractivity contribution in [2.24, 2.45) is 0 Å². The Labute approximate surface area is 113 Å². The third kappa shape index (κ3) is 5.22. The van der Waals surface area contributed by atoms with E-state index in [1.54, 1.807) is 25.1 Å². The molecule has 1 rings (SSSR count). The van der Waals surface area contributed by atoms with E-state index in [0.717, 1.165) is 5.56 Å². The Kier molecular flexibility index (Phi) is 6.22. The van der Waals surface area contributed by atoms with Crippen molar-refractivity contribution < 1.29 is 13.9 Å². The molecule has 0 radical (unpaired) electrons. The van der Waals surface area contributed by atoms with Gasteiger partial charge in [-0.25, -0.2) is 4.39 Å². The molecule has 0 amide bonds. The van der Waals surface area contributed by atoms with Crippen LogP contribution in [0.2, 0.25) is 0 Å². The predicted octanol–water partition coefficient (Wildman–Crippen LogP) is 2.80. The summed E-state index contributed by atoms with van der Waals surface area (Å²) in [5.41, 5.74) is 0.745. The molecule has 0 saturated heterocycles. The van der Waals surface area contributed by atoms with Crippen LogP contribution in [0.15, 0.2) is 24.3 Å². The van der Waals surface area contributed by atoms with Crippen LogP contribution in [0.5, 0.6) is 5.75 Å². The molecule has 0 bridgehead atoms. The van der Waals surface area contributed by atoms with Crippen molar-refractivity contribution in [2.45, 2.75) is 26.4 Å². The molecule has 0 aliphatic heterocycles. The summed E-state index contributed by atoms with van der Waals surface area (Å²) in [5, 5.41) is 2.96. The Morgan fingerprint density at radius 2 is 2.26 bits per heavy atom. The summed E-state index contributed by atoms with van der Waals surface area (Å²) in [4.78, 5) is 11.2. The number of ether oxygens (including phenoxy) is 1. The maximum atomic E-state index is 13.6. The standard InChI is InChI=1S/C15H20FNO2/c1-4-13(18)7-5-12-6-8-14(16)15(9-12)19-11(2)10-17-3/h5-9,11,17H,4,10H2,1-3H3/b7-5+/t11-/m1/s1. The molecule has 0 aromatic heterocycles. The molecule has 0 aliphatic rings. The van der Waals surface area contributed by atoms with Crippen molar-refractivity contribution in [1.29, 1.82) is 0 Å². The van der Waals surface area contributed by atoms with Crippen molar-refractivity contribution in [1.82, 2.24) is 5.32 Å². The van der Waals surface area contributed by atoms with Crippen LogP contribution in [0.1, 0.15) is 25.8 Å². The number of nitrogens with one attached hydrogen (secondary N) is 1. The van der Waals surface area contributed by atoms with E-state index in [1.807, 2.05) is 14.0 Å². The number of carbonyl (C=O) groups is 1. The molecule has 0 saturated carbocycles. The third-order valence-electron chi connectivity index (χ3n) is 2.59. The second-order valence-electron chi connectivity index (χ2n) is 4.33. The molecule has 1 aromatic carbocycles. The van der Waals surface area contributed by atoms with E-state index in [2.05, 4.69) is 5.32 Å². The Hall–Kier alpha value is -1.68. The molecule has 0 heterocycles. The predicted molar refractivity (Wildman–Crippen MR) is 74.7 cm³/mol. The van der Waals surface area contributed by atoms with E-state index in [0.29, 0.717) is 13.0 Å².